The smallest absolute Gasteiger partial charge is 0.319 e. The SMILES string of the molecule is N[C@@H]1CCCC[C@H]1c1c(Cl)c2nc(Cl)cc(NCc3cccs3)c2n1C(F)F. The van der Waals surface area contributed by atoms with Crippen LogP contribution in [0, 0.1) is 0 Å². The minimum absolute atomic E-state index is 0.203. The van der Waals surface area contributed by atoms with E-state index in [1.54, 1.807) is 17.4 Å². The predicted molar refractivity (Wildman–Crippen MR) is 112 cm³/mol. The van der Waals surface area contributed by atoms with Crippen LogP contribution in [0.3, 0.4) is 0 Å². The Morgan fingerprint density at radius 3 is 2.79 bits per heavy atom. The van der Waals surface area contributed by atoms with Crippen LogP contribution in [0.4, 0.5) is 14.5 Å². The number of thiophene rings is 1. The molecule has 3 N–H and O–H groups in total. The van der Waals surface area contributed by atoms with Gasteiger partial charge in [-0.25, -0.2) is 4.98 Å². The van der Waals surface area contributed by atoms with E-state index in [-0.39, 0.29) is 33.2 Å². The van der Waals surface area contributed by atoms with Gasteiger partial charge < -0.3 is 11.1 Å². The van der Waals surface area contributed by atoms with E-state index < -0.39 is 6.55 Å². The molecule has 0 spiro atoms. The van der Waals surface area contributed by atoms with Gasteiger partial charge in [0.15, 0.2) is 0 Å². The highest BCUT2D eigenvalue weighted by Gasteiger charge is 2.34. The number of anilines is 1. The molecule has 0 unspecified atom stereocenters. The second kappa shape index (κ2) is 8.14. The van der Waals surface area contributed by atoms with E-state index in [9.17, 15) is 8.78 Å². The molecule has 4 rings (SSSR count). The Kier molecular flexibility index (Phi) is 5.78. The molecule has 1 aliphatic rings. The van der Waals surface area contributed by atoms with E-state index >= 15 is 0 Å². The number of alkyl halides is 2. The molecule has 150 valence electrons. The normalized spacial score (nSPS) is 20.2. The van der Waals surface area contributed by atoms with Crippen molar-refractivity contribution in [3.05, 3.63) is 44.3 Å². The summed E-state index contributed by atoms with van der Waals surface area (Å²) in [6.07, 6.45) is 3.47. The first-order chi connectivity index (χ1) is 13.5. The molecule has 3 aromatic heterocycles. The van der Waals surface area contributed by atoms with Gasteiger partial charge in [0, 0.05) is 35.1 Å². The van der Waals surface area contributed by atoms with Crippen LogP contribution in [-0.2, 0) is 6.54 Å². The van der Waals surface area contributed by atoms with Crippen molar-refractivity contribution in [2.45, 2.75) is 50.7 Å². The molecule has 2 atom stereocenters. The summed E-state index contributed by atoms with van der Waals surface area (Å²) in [5.74, 6) is -0.228. The summed E-state index contributed by atoms with van der Waals surface area (Å²) >= 11 is 14.4. The topological polar surface area (TPSA) is 55.9 Å². The number of hydrogen-bond donors (Lipinski definition) is 2. The van der Waals surface area contributed by atoms with Crippen molar-refractivity contribution in [3.8, 4) is 0 Å². The van der Waals surface area contributed by atoms with E-state index in [0.717, 1.165) is 35.1 Å². The predicted octanol–water partition coefficient (Wildman–Crippen LogP) is 6.40. The molecule has 0 aliphatic heterocycles. The zero-order valence-corrected chi connectivity index (χ0v) is 17.3. The molecule has 0 radical (unpaired) electrons. The Balaban J connectivity index is 1.87. The molecule has 0 saturated heterocycles. The second-order valence-electron chi connectivity index (χ2n) is 7.02. The van der Waals surface area contributed by atoms with Gasteiger partial charge in [-0.1, -0.05) is 42.1 Å². The molecule has 1 fully saturated rings. The zero-order valence-electron chi connectivity index (χ0n) is 15.0. The standard InChI is InChI=1S/C19H20Cl2F2N4S/c20-14-8-13(25-9-10-4-3-7-28-10)18-16(26-14)15(21)17(27(18)19(22)23)11-5-1-2-6-12(11)24/h3-4,7-8,11-12,19H,1-2,5-6,9,24H2,(H,25,26)/t11-,12-/m1/s1. The summed E-state index contributed by atoms with van der Waals surface area (Å²) < 4.78 is 29.4. The maximum atomic E-state index is 14.2. The van der Waals surface area contributed by atoms with Gasteiger partial charge >= 0.3 is 6.55 Å². The largest absolute Gasteiger partial charge is 0.378 e. The third kappa shape index (κ3) is 3.61. The third-order valence-corrected chi connectivity index (χ3v) is 6.74. The molecule has 0 bridgehead atoms. The first-order valence-corrected chi connectivity index (χ1v) is 10.8. The van der Waals surface area contributed by atoms with Crippen LogP contribution in [0.5, 0.6) is 0 Å². The summed E-state index contributed by atoms with van der Waals surface area (Å²) in [5, 5.41) is 5.61. The average Bonchev–Trinajstić information content (AvgIpc) is 3.27. The number of hydrogen-bond acceptors (Lipinski definition) is 4. The van der Waals surface area contributed by atoms with Crippen molar-refractivity contribution in [2.75, 3.05) is 5.32 Å². The summed E-state index contributed by atoms with van der Waals surface area (Å²) in [5.41, 5.74) is 7.70. The van der Waals surface area contributed by atoms with Crippen molar-refractivity contribution < 1.29 is 8.78 Å². The number of halogens is 4. The molecule has 9 heteroatoms. The Labute approximate surface area is 175 Å². The lowest BCUT2D eigenvalue weighted by Crippen LogP contribution is -2.33. The van der Waals surface area contributed by atoms with Gasteiger partial charge in [0.25, 0.3) is 0 Å². The molecule has 3 heterocycles. The van der Waals surface area contributed by atoms with Crippen LogP contribution in [0.25, 0.3) is 11.0 Å². The molecule has 1 aliphatic carbocycles. The quantitative estimate of drug-likeness (QED) is 0.447. The van der Waals surface area contributed by atoms with Gasteiger partial charge in [-0.15, -0.1) is 11.3 Å². The lowest BCUT2D eigenvalue weighted by atomic mass is 9.83. The monoisotopic (exact) mass is 444 g/mol. The van der Waals surface area contributed by atoms with Crippen LogP contribution >= 0.6 is 34.5 Å². The molecular weight excluding hydrogens is 425 g/mol. The minimum Gasteiger partial charge on any atom is -0.378 e. The van der Waals surface area contributed by atoms with Crippen molar-refractivity contribution in [3.63, 3.8) is 0 Å². The molecule has 0 amide bonds. The minimum atomic E-state index is -2.76. The van der Waals surface area contributed by atoms with Gasteiger partial charge in [0.05, 0.1) is 16.2 Å². The first kappa shape index (κ1) is 19.9. The van der Waals surface area contributed by atoms with Crippen LogP contribution < -0.4 is 11.1 Å². The van der Waals surface area contributed by atoms with Crippen molar-refractivity contribution in [1.29, 1.82) is 0 Å². The van der Waals surface area contributed by atoms with Crippen molar-refractivity contribution in [2.24, 2.45) is 5.73 Å². The lowest BCUT2D eigenvalue weighted by Gasteiger charge is -2.30. The summed E-state index contributed by atoms with van der Waals surface area (Å²) in [6, 6.07) is 5.28. The number of nitrogens with two attached hydrogens (primary N) is 1. The average molecular weight is 445 g/mol. The summed E-state index contributed by atoms with van der Waals surface area (Å²) in [4.78, 5) is 5.35. The number of fused-ring (bicyclic) bond motifs is 1. The fraction of sp³-hybridized carbons (Fsp3) is 0.421. The number of nitrogens with zero attached hydrogens (tertiary/aromatic N) is 2. The third-order valence-electron chi connectivity index (χ3n) is 5.29. The van der Waals surface area contributed by atoms with Crippen LogP contribution in [0.15, 0.2) is 23.6 Å². The van der Waals surface area contributed by atoms with Gasteiger partial charge in [0.2, 0.25) is 0 Å². The van der Waals surface area contributed by atoms with Gasteiger partial charge in [-0.3, -0.25) is 4.57 Å². The molecule has 3 aromatic rings. The maximum absolute atomic E-state index is 14.2. The fourth-order valence-corrected chi connectivity index (χ4v) is 5.23. The van der Waals surface area contributed by atoms with Gasteiger partial charge in [-0.2, -0.15) is 8.78 Å². The van der Waals surface area contributed by atoms with Crippen LogP contribution in [0.1, 0.15) is 48.7 Å². The number of aromatic nitrogens is 2. The Bertz CT molecular complexity index is 974. The van der Waals surface area contributed by atoms with E-state index in [1.807, 2.05) is 17.5 Å². The van der Waals surface area contributed by atoms with E-state index in [0.29, 0.717) is 17.9 Å². The molecule has 28 heavy (non-hydrogen) atoms. The Morgan fingerprint density at radius 1 is 1.32 bits per heavy atom. The lowest BCUT2D eigenvalue weighted by molar-refractivity contribution is 0.0701. The fourth-order valence-electron chi connectivity index (χ4n) is 4.02. The van der Waals surface area contributed by atoms with E-state index in [2.05, 4.69) is 10.3 Å². The Hall–Kier alpha value is -1.41. The van der Waals surface area contributed by atoms with Crippen molar-refractivity contribution in [1.82, 2.24) is 9.55 Å². The molecule has 1 saturated carbocycles. The molecular formula is C19H20Cl2F2N4S. The first-order valence-electron chi connectivity index (χ1n) is 9.17. The number of rotatable bonds is 5. The maximum Gasteiger partial charge on any atom is 0.319 e. The van der Waals surface area contributed by atoms with Crippen LogP contribution in [0.2, 0.25) is 10.2 Å². The molecule has 0 aromatic carbocycles. The number of nitrogens with one attached hydrogen (secondary N) is 1. The highest BCUT2D eigenvalue weighted by Crippen LogP contribution is 2.45. The highest BCUT2D eigenvalue weighted by atomic mass is 35.5. The molecule has 4 nitrogen and oxygen atoms in total. The van der Waals surface area contributed by atoms with Gasteiger partial charge in [-0.05, 0) is 24.3 Å². The van der Waals surface area contributed by atoms with Gasteiger partial charge in [0.1, 0.15) is 10.7 Å². The van der Waals surface area contributed by atoms with E-state index in [4.69, 9.17) is 28.9 Å². The van der Waals surface area contributed by atoms with Crippen molar-refractivity contribution >= 4 is 51.3 Å². The summed E-state index contributed by atoms with van der Waals surface area (Å²) in [6.45, 7) is -2.26. The number of pyridine rings is 1. The Morgan fingerprint density at radius 2 is 2.11 bits per heavy atom. The van der Waals surface area contributed by atoms with E-state index in [1.165, 1.54) is 0 Å². The summed E-state index contributed by atoms with van der Waals surface area (Å²) in [7, 11) is 0. The highest BCUT2D eigenvalue weighted by molar-refractivity contribution is 7.09. The van der Waals surface area contributed by atoms with Crippen LogP contribution in [-0.4, -0.2) is 15.6 Å². The second-order valence-corrected chi connectivity index (χ2v) is 8.82. The zero-order chi connectivity index (χ0) is 19.8.